The number of aromatic hydroxyl groups is 1. The van der Waals surface area contributed by atoms with Gasteiger partial charge in [-0.25, -0.2) is 0 Å². The monoisotopic (exact) mass is 392 g/mol. The highest BCUT2D eigenvalue weighted by Crippen LogP contribution is 2.26. The van der Waals surface area contributed by atoms with E-state index in [1.807, 2.05) is 42.5 Å². The molecular weight excluding hydrogens is 380 g/mol. The van der Waals surface area contributed by atoms with Crippen molar-refractivity contribution in [3.8, 4) is 11.8 Å². The molecule has 2 N–H and O–H groups in total. The molecular formula is C20H13BrN2O2. The Balaban J connectivity index is 1.91. The number of amides is 1. The second kappa shape index (κ2) is 7.20. The molecule has 0 atom stereocenters. The summed E-state index contributed by atoms with van der Waals surface area (Å²) in [5.41, 5.74) is 1.26. The number of hydrogen-bond donors (Lipinski definition) is 2. The van der Waals surface area contributed by atoms with Gasteiger partial charge in [-0.1, -0.05) is 42.5 Å². The van der Waals surface area contributed by atoms with Crippen molar-refractivity contribution in [2.45, 2.75) is 0 Å². The molecule has 0 bridgehead atoms. The molecule has 0 radical (unpaired) electrons. The van der Waals surface area contributed by atoms with Gasteiger partial charge in [-0.05, 0) is 51.2 Å². The maximum absolute atomic E-state index is 12.5. The zero-order valence-corrected chi connectivity index (χ0v) is 14.6. The first-order valence-corrected chi connectivity index (χ1v) is 8.27. The fraction of sp³-hybridized carbons (Fsp3) is 0. The van der Waals surface area contributed by atoms with Crippen LogP contribution in [0.5, 0.6) is 5.75 Å². The minimum Gasteiger partial charge on any atom is -0.507 e. The minimum atomic E-state index is -0.483. The molecule has 5 heteroatoms. The van der Waals surface area contributed by atoms with E-state index in [-0.39, 0.29) is 11.3 Å². The Morgan fingerprint density at radius 1 is 1.12 bits per heavy atom. The van der Waals surface area contributed by atoms with Crippen molar-refractivity contribution in [1.82, 2.24) is 0 Å². The third-order valence-electron chi connectivity index (χ3n) is 3.69. The van der Waals surface area contributed by atoms with Gasteiger partial charge in [0, 0.05) is 11.1 Å². The van der Waals surface area contributed by atoms with Gasteiger partial charge in [0.05, 0.1) is 4.47 Å². The first-order valence-electron chi connectivity index (χ1n) is 7.48. The number of phenols is 1. The molecule has 0 aliphatic heterocycles. The molecule has 25 heavy (non-hydrogen) atoms. The second-order valence-electron chi connectivity index (χ2n) is 5.36. The summed E-state index contributed by atoms with van der Waals surface area (Å²) in [5.74, 6) is -0.390. The topological polar surface area (TPSA) is 73.1 Å². The summed E-state index contributed by atoms with van der Waals surface area (Å²) in [6.07, 6.45) is 1.48. The Morgan fingerprint density at radius 3 is 2.64 bits per heavy atom. The lowest BCUT2D eigenvalue weighted by atomic mass is 10.1. The average Bonchev–Trinajstić information content (AvgIpc) is 2.63. The van der Waals surface area contributed by atoms with Gasteiger partial charge in [-0.15, -0.1) is 0 Å². The number of anilines is 1. The fourth-order valence-electron chi connectivity index (χ4n) is 2.45. The summed E-state index contributed by atoms with van der Waals surface area (Å²) < 4.78 is 0.494. The van der Waals surface area contributed by atoms with Crippen molar-refractivity contribution < 1.29 is 9.90 Å². The van der Waals surface area contributed by atoms with Gasteiger partial charge < -0.3 is 10.4 Å². The molecule has 1 amide bonds. The summed E-state index contributed by atoms with van der Waals surface area (Å²) in [6.45, 7) is 0. The van der Waals surface area contributed by atoms with E-state index in [0.717, 1.165) is 10.8 Å². The molecule has 0 spiro atoms. The summed E-state index contributed by atoms with van der Waals surface area (Å²) in [7, 11) is 0. The van der Waals surface area contributed by atoms with E-state index in [4.69, 9.17) is 0 Å². The van der Waals surface area contributed by atoms with Gasteiger partial charge in [0.2, 0.25) is 0 Å². The van der Waals surface area contributed by atoms with E-state index in [1.54, 1.807) is 18.2 Å². The lowest BCUT2D eigenvalue weighted by Crippen LogP contribution is -2.13. The van der Waals surface area contributed by atoms with Crippen molar-refractivity contribution in [3.05, 3.63) is 76.3 Å². The number of nitrogens with one attached hydrogen (secondary N) is 1. The summed E-state index contributed by atoms with van der Waals surface area (Å²) in [4.78, 5) is 12.5. The molecule has 3 rings (SSSR count). The molecule has 0 heterocycles. The van der Waals surface area contributed by atoms with E-state index >= 15 is 0 Å². The molecule has 0 fully saturated rings. The number of phenolic OH excluding ortho intramolecular Hbond substituents is 1. The van der Waals surface area contributed by atoms with Crippen molar-refractivity contribution in [2.24, 2.45) is 0 Å². The van der Waals surface area contributed by atoms with Crippen molar-refractivity contribution in [3.63, 3.8) is 0 Å². The highest BCUT2D eigenvalue weighted by atomic mass is 79.9. The van der Waals surface area contributed by atoms with Crippen LogP contribution in [-0.4, -0.2) is 11.0 Å². The summed E-state index contributed by atoms with van der Waals surface area (Å²) >= 11 is 3.21. The maximum atomic E-state index is 12.5. The Labute approximate surface area is 153 Å². The third-order valence-corrected chi connectivity index (χ3v) is 4.32. The predicted molar refractivity (Wildman–Crippen MR) is 102 cm³/mol. The molecule has 0 aromatic heterocycles. The highest BCUT2D eigenvalue weighted by molar-refractivity contribution is 9.10. The Kier molecular flexibility index (Phi) is 4.82. The van der Waals surface area contributed by atoms with Crippen LogP contribution in [0.1, 0.15) is 5.56 Å². The molecule has 0 aliphatic rings. The van der Waals surface area contributed by atoms with Gasteiger partial charge in [0.25, 0.3) is 5.91 Å². The first-order chi connectivity index (χ1) is 12.1. The van der Waals surface area contributed by atoms with E-state index in [9.17, 15) is 15.2 Å². The standard InChI is InChI=1S/C20H13BrN2O2/c21-17-11-13(8-9-19(17)24)10-15(12-22)20(25)23-18-7-3-5-14-4-1-2-6-16(14)18/h1-11,24H,(H,23,25)/b15-10+. The number of rotatable bonds is 3. The number of carbonyl (C=O) groups excluding carboxylic acids is 1. The predicted octanol–water partition coefficient (Wildman–Crippen LogP) is 4.85. The molecule has 0 saturated carbocycles. The summed E-state index contributed by atoms with van der Waals surface area (Å²) in [6, 6.07) is 20.0. The average molecular weight is 393 g/mol. The zero-order chi connectivity index (χ0) is 17.8. The van der Waals surface area contributed by atoms with Crippen molar-refractivity contribution >= 4 is 44.4 Å². The molecule has 0 aliphatic carbocycles. The van der Waals surface area contributed by atoms with Crippen molar-refractivity contribution in [2.75, 3.05) is 5.32 Å². The third kappa shape index (κ3) is 3.70. The number of carbonyl (C=O) groups is 1. The SMILES string of the molecule is N#C/C(=C\c1ccc(O)c(Br)c1)C(=O)Nc1cccc2ccccc12. The van der Waals surface area contributed by atoms with E-state index in [1.165, 1.54) is 12.1 Å². The number of hydrogen-bond acceptors (Lipinski definition) is 3. The minimum absolute atomic E-state index is 0.0227. The zero-order valence-electron chi connectivity index (χ0n) is 13.0. The number of benzene rings is 3. The van der Waals surface area contributed by atoms with Gasteiger partial charge in [0.1, 0.15) is 17.4 Å². The Hall–Kier alpha value is -3.10. The van der Waals surface area contributed by atoms with Crippen LogP contribution in [0.4, 0.5) is 5.69 Å². The number of halogens is 1. The summed E-state index contributed by atoms with van der Waals surface area (Å²) in [5, 5.41) is 23.6. The van der Waals surface area contributed by atoms with Crippen molar-refractivity contribution in [1.29, 1.82) is 5.26 Å². The lowest BCUT2D eigenvalue weighted by molar-refractivity contribution is -0.112. The van der Waals surface area contributed by atoms with Crippen LogP contribution in [0, 0.1) is 11.3 Å². The van der Waals surface area contributed by atoms with Gasteiger partial charge in [-0.3, -0.25) is 4.79 Å². The number of nitriles is 1. The molecule has 3 aromatic rings. The van der Waals surface area contributed by atoms with E-state index in [2.05, 4.69) is 21.2 Å². The quantitative estimate of drug-likeness (QED) is 0.493. The molecule has 0 unspecified atom stereocenters. The van der Waals surface area contributed by atoms with Crippen LogP contribution in [0.3, 0.4) is 0 Å². The van der Waals surface area contributed by atoms with Gasteiger partial charge in [-0.2, -0.15) is 5.26 Å². The van der Waals surface area contributed by atoms with Crippen LogP contribution in [0.2, 0.25) is 0 Å². The van der Waals surface area contributed by atoms with Crippen LogP contribution in [0.15, 0.2) is 70.7 Å². The molecule has 4 nitrogen and oxygen atoms in total. The van der Waals surface area contributed by atoms with Crippen LogP contribution in [-0.2, 0) is 4.79 Å². The molecule has 122 valence electrons. The lowest BCUT2D eigenvalue weighted by Gasteiger charge is -2.08. The van der Waals surface area contributed by atoms with E-state index in [0.29, 0.717) is 15.7 Å². The highest BCUT2D eigenvalue weighted by Gasteiger charge is 2.11. The first kappa shape index (κ1) is 16.7. The van der Waals surface area contributed by atoms with Gasteiger partial charge >= 0.3 is 0 Å². The molecule has 3 aromatic carbocycles. The van der Waals surface area contributed by atoms with Crippen LogP contribution in [0.25, 0.3) is 16.8 Å². The largest absolute Gasteiger partial charge is 0.507 e. The Morgan fingerprint density at radius 2 is 1.88 bits per heavy atom. The fourth-order valence-corrected chi connectivity index (χ4v) is 2.85. The van der Waals surface area contributed by atoms with E-state index < -0.39 is 5.91 Å². The van der Waals surface area contributed by atoms with Crippen LogP contribution < -0.4 is 5.32 Å². The molecule has 0 saturated heterocycles. The number of fused-ring (bicyclic) bond motifs is 1. The maximum Gasteiger partial charge on any atom is 0.266 e. The smallest absolute Gasteiger partial charge is 0.266 e. The normalized spacial score (nSPS) is 11.1. The number of nitrogens with zero attached hydrogens (tertiary/aromatic N) is 1. The second-order valence-corrected chi connectivity index (χ2v) is 6.22. The Bertz CT molecular complexity index is 1030. The van der Waals surface area contributed by atoms with Crippen LogP contribution >= 0.6 is 15.9 Å². The van der Waals surface area contributed by atoms with Gasteiger partial charge in [0.15, 0.2) is 0 Å².